The SMILES string of the molecule is FC(F)(F)Oc1ccc(-c2ccc(C(F)(F)F)cc2-c2nc(Cn3cncn3)no2)cc1. The first-order valence-electron chi connectivity index (χ1n) is 8.81. The van der Waals surface area contributed by atoms with Gasteiger partial charge in [0.25, 0.3) is 5.89 Å². The van der Waals surface area contributed by atoms with Gasteiger partial charge in [-0.15, -0.1) is 13.2 Å². The minimum absolute atomic E-state index is 0.0401. The third-order valence-electron chi connectivity index (χ3n) is 4.21. The lowest BCUT2D eigenvalue weighted by Crippen LogP contribution is -2.16. The zero-order valence-corrected chi connectivity index (χ0v) is 15.7. The van der Waals surface area contributed by atoms with Crippen molar-refractivity contribution in [2.75, 3.05) is 0 Å². The Balaban J connectivity index is 1.73. The molecular weight excluding hydrogens is 444 g/mol. The van der Waals surface area contributed by atoms with E-state index in [4.69, 9.17) is 4.52 Å². The molecule has 0 aliphatic heterocycles. The molecule has 4 rings (SSSR count). The van der Waals surface area contributed by atoms with Crippen molar-refractivity contribution < 1.29 is 35.6 Å². The average molecular weight is 455 g/mol. The largest absolute Gasteiger partial charge is 0.573 e. The lowest BCUT2D eigenvalue weighted by Gasteiger charge is -2.13. The molecule has 0 fully saturated rings. The maximum absolute atomic E-state index is 13.3. The summed E-state index contributed by atoms with van der Waals surface area (Å²) in [5.74, 6) is -0.526. The van der Waals surface area contributed by atoms with Gasteiger partial charge in [-0.05, 0) is 35.4 Å². The van der Waals surface area contributed by atoms with Crippen molar-refractivity contribution in [1.29, 1.82) is 0 Å². The lowest BCUT2D eigenvalue weighted by atomic mass is 9.97. The standard InChI is InChI=1S/C19H11F6N5O2/c20-18(21,22)12-3-6-14(11-1-4-13(5-2-11)31-19(23,24)25)15(7-12)17-28-16(29-32-17)8-30-10-26-9-27-30/h1-7,9-10H,8H2. The molecule has 0 aliphatic rings. The van der Waals surface area contributed by atoms with Crippen molar-refractivity contribution in [3.63, 3.8) is 0 Å². The molecule has 0 unspecified atom stereocenters. The predicted molar refractivity (Wildman–Crippen MR) is 96.0 cm³/mol. The smallest absolute Gasteiger partial charge is 0.406 e. The molecule has 2 aromatic carbocycles. The Hall–Kier alpha value is -3.90. The van der Waals surface area contributed by atoms with Crippen LogP contribution in [0.3, 0.4) is 0 Å². The molecule has 2 heterocycles. The van der Waals surface area contributed by atoms with Crippen LogP contribution in [-0.2, 0) is 12.7 Å². The van der Waals surface area contributed by atoms with Gasteiger partial charge in [0.05, 0.1) is 5.56 Å². The summed E-state index contributed by atoms with van der Waals surface area (Å²) in [5, 5.41) is 7.63. The zero-order chi connectivity index (χ0) is 22.9. The van der Waals surface area contributed by atoms with Crippen molar-refractivity contribution in [2.45, 2.75) is 19.1 Å². The molecule has 0 amide bonds. The summed E-state index contributed by atoms with van der Waals surface area (Å²) in [6.45, 7) is 0.0707. The second kappa shape index (κ2) is 7.98. The molecule has 0 aliphatic carbocycles. The maximum atomic E-state index is 13.3. The van der Waals surface area contributed by atoms with Crippen LogP contribution in [0.15, 0.2) is 59.6 Å². The molecular formula is C19H11F6N5O2. The van der Waals surface area contributed by atoms with Crippen LogP contribution in [0.25, 0.3) is 22.6 Å². The van der Waals surface area contributed by atoms with Gasteiger partial charge in [0.1, 0.15) is 24.9 Å². The van der Waals surface area contributed by atoms with Crippen LogP contribution in [0.2, 0.25) is 0 Å². The van der Waals surface area contributed by atoms with E-state index < -0.39 is 23.9 Å². The van der Waals surface area contributed by atoms with E-state index in [0.717, 1.165) is 24.3 Å². The summed E-state index contributed by atoms with van der Waals surface area (Å²) in [7, 11) is 0. The molecule has 0 radical (unpaired) electrons. The summed E-state index contributed by atoms with van der Waals surface area (Å²) in [6.07, 6.45) is -6.82. The van der Waals surface area contributed by atoms with Gasteiger partial charge in [0, 0.05) is 5.56 Å². The predicted octanol–water partition coefficient (Wildman–Crippen LogP) is 4.96. The van der Waals surface area contributed by atoms with E-state index in [1.807, 2.05) is 0 Å². The highest BCUT2D eigenvalue weighted by Crippen LogP contribution is 2.38. The van der Waals surface area contributed by atoms with Gasteiger partial charge in [-0.25, -0.2) is 9.67 Å². The van der Waals surface area contributed by atoms with Crippen LogP contribution in [-0.4, -0.2) is 31.3 Å². The minimum atomic E-state index is -4.87. The molecule has 2 aromatic heterocycles. The fourth-order valence-electron chi connectivity index (χ4n) is 2.87. The molecule has 0 N–H and O–H groups in total. The molecule has 0 atom stereocenters. The Kier molecular flexibility index (Phi) is 5.32. The van der Waals surface area contributed by atoms with Crippen molar-refractivity contribution in [1.82, 2.24) is 24.9 Å². The Morgan fingerprint density at radius 2 is 1.69 bits per heavy atom. The third kappa shape index (κ3) is 4.87. The van der Waals surface area contributed by atoms with Crippen LogP contribution < -0.4 is 4.74 Å². The van der Waals surface area contributed by atoms with E-state index in [9.17, 15) is 26.3 Å². The van der Waals surface area contributed by atoms with Gasteiger partial charge in [-0.2, -0.15) is 23.3 Å². The molecule has 166 valence electrons. The van der Waals surface area contributed by atoms with Gasteiger partial charge >= 0.3 is 12.5 Å². The highest BCUT2D eigenvalue weighted by Gasteiger charge is 2.33. The number of ether oxygens (including phenoxy) is 1. The fraction of sp³-hybridized carbons (Fsp3) is 0.158. The quantitative estimate of drug-likeness (QED) is 0.396. The number of alkyl halides is 6. The molecule has 0 saturated heterocycles. The molecule has 0 saturated carbocycles. The lowest BCUT2D eigenvalue weighted by molar-refractivity contribution is -0.274. The van der Waals surface area contributed by atoms with E-state index in [0.29, 0.717) is 5.56 Å². The van der Waals surface area contributed by atoms with E-state index in [2.05, 4.69) is 25.0 Å². The molecule has 13 heteroatoms. The van der Waals surface area contributed by atoms with Gasteiger partial charge < -0.3 is 9.26 Å². The van der Waals surface area contributed by atoms with Crippen molar-refractivity contribution in [2.24, 2.45) is 0 Å². The molecule has 4 aromatic rings. The summed E-state index contributed by atoms with van der Waals surface area (Å²) in [6, 6.07) is 7.52. The molecule has 0 spiro atoms. The Morgan fingerprint density at radius 3 is 2.31 bits per heavy atom. The average Bonchev–Trinajstić information content (AvgIpc) is 3.39. The first kappa shape index (κ1) is 21.3. The van der Waals surface area contributed by atoms with Gasteiger partial charge in [0.2, 0.25) is 0 Å². The topological polar surface area (TPSA) is 78.9 Å². The normalized spacial score (nSPS) is 12.2. The van der Waals surface area contributed by atoms with Gasteiger partial charge in [-0.1, -0.05) is 23.4 Å². The number of hydrogen-bond acceptors (Lipinski definition) is 6. The van der Waals surface area contributed by atoms with Crippen molar-refractivity contribution in [3.8, 4) is 28.3 Å². The van der Waals surface area contributed by atoms with E-state index >= 15 is 0 Å². The highest BCUT2D eigenvalue weighted by atomic mass is 19.4. The van der Waals surface area contributed by atoms with Crippen LogP contribution in [0.4, 0.5) is 26.3 Å². The van der Waals surface area contributed by atoms with Crippen LogP contribution in [0.5, 0.6) is 5.75 Å². The number of rotatable bonds is 5. The first-order chi connectivity index (χ1) is 15.1. The Morgan fingerprint density at radius 1 is 0.938 bits per heavy atom. The monoisotopic (exact) mass is 455 g/mol. The fourth-order valence-corrected chi connectivity index (χ4v) is 2.87. The summed E-state index contributed by atoms with van der Waals surface area (Å²) < 4.78 is 87.3. The molecule has 7 nitrogen and oxygen atoms in total. The van der Waals surface area contributed by atoms with Crippen LogP contribution in [0, 0.1) is 0 Å². The van der Waals surface area contributed by atoms with E-state index in [-0.39, 0.29) is 29.4 Å². The number of hydrogen-bond donors (Lipinski definition) is 0. The minimum Gasteiger partial charge on any atom is -0.406 e. The zero-order valence-electron chi connectivity index (χ0n) is 15.7. The second-order valence-electron chi connectivity index (χ2n) is 6.44. The molecule has 32 heavy (non-hydrogen) atoms. The summed E-state index contributed by atoms with van der Waals surface area (Å²) in [5.41, 5.74) is -0.433. The number of aromatic nitrogens is 5. The van der Waals surface area contributed by atoms with Crippen LogP contribution >= 0.6 is 0 Å². The van der Waals surface area contributed by atoms with Crippen molar-refractivity contribution in [3.05, 3.63) is 66.5 Å². The van der Waals surface area contributed by atoms with E-state index in [1.54, 1.807) is 0 Å². The number of halogens is 6. The Labute approximate surface area is 175 Å². The van der Waals surface area contributed by atoms with Gasteiger partial charge in [0.15, 0.2) is 5.82 Å². The number of benzene rings is 2. The summed E-state index contributed by atoms with van der Waals surface area (Å²) >= 11 is 0. The molecule has 0 bridgehead atoms. The third-order valence-corrected chi connectivity index (χ3v) is 4.21. The van der Waals surface area contributed by atoms with Crippen molar-refractivity contribution >= 4 is 0 Å². The second-order valence-corrected chi connectivity index (χ2v) is 6.44. The first-order valence-corrected chi connectivity index (χ1v) is 8.81. The van der Waals surface area contributed by atoms with E-state index in [1.165, 1.54) is 35.5 Å². The maximum Gasteiger partial charge on any atom is 0.573 e. The number of nitrogens with zero attached hydrogens (tertiary/aromatic N) is 5. The Bertz CT molecular complexity index is 1200. The summed E-state index contributed by atoms with van der Waals surface area (Å²) in [4.78, 5) is 7.89. The van der Waals surface area contributed by atoms with Crippen LogP contribution in [0.1, 0.15) is 11.4 Å². The van der Waals surface area contributed by atoms with Gasteiger partial charge in [-0.3, -0.25) is 0 Å². The highest BCUT2D eigenvalue weighted by molar-refractivity contribution is 5.80.